The fourth-order valence-corrected chi connectivity index (χ4v) is 1.62. The zero-order valence-electron chi connectivity index (χ0n) is 7.56. The predicted molar refractivity (Wildman–Crippen MR) is 55.9 cm³/mol. The number of hydrogen-bond acceptors (Lipinski definition) is 1. The Morgan fingerprint density at radius 3 is 2.77 bits per heavy atom. The van der Waals surface area contributed by atoms with Crippen molar-refractivity contribution in [1.29, 1.82) is 0 Å². The molecule has 1 aromatic rings. The fourth-order valence-electron chi connectivity index (χ4n) is 1.22. The molecule has 0 spiro atoms. The van der Waals surface area contributed by atoms with Crippen LogP contribution in [0, 0.1) is 5.82 Å². The van der Waals surface area contributed by atoms with E-state index in [0.29, 0.717) is 4.47 Å². The highest BCUT2D eigenvalue weighted by Gasteiger charge is 2.06. The van der Waals surface area contributed by atoms with Gasteiger partial charge in [0.25, 0.3) is 0 Å². The van der Waals surface area contributed by atoms with Gasteiger partial charge in [-0.05, 0) is 40.0 Å². The van der Waals surface area contributed by atoms with Gasteiger partial charge in [0.1, 0.15) is 5.82 Å². The van der Waals surface area contributed by atoms with Gasteiger partial charge in [-0.25, -0.2) is 4.39 Å². The minimum absolute atomic E-state index is 0.0156. The van der Waals surface area contributed by atoms with Gasteiger partial charge in [0, 0.05) is 6.04 Å². The van der Waals surface area contributed by atoms with Gasteiger partial charge >= 0.3 is 0 Å². The SMILES string of the molecule is CCCC(N)c1ccc(F)c(Br)c1. The Balaban J connectivity index is 2.84. The molecule has 1 nitrogen and oxygen atoms in total. The Kier molecular flexibility index (Phi) is 3.88. The molecule has 1 aromatic carbocycles. The normalized spacial score (nSPS) is 12.9. The molecule has 0 aromatic heterocycles. The van der Waals surface area contributed by atoms with E-state index in [2.05, 4.69) is 22.9 Å². The summed E-state index contributed by atoms with van der Waals surface area (Å²) < 4.78 is 13.3. The van der Waals surface area contributed by atoms with Crippen LogP contribution >= 0.6 is 15.9 Å². The smallest absolute Gasteiger partial charge is 0.137 e. The van der Waals surface area contributed by atoms with E-state index in [0.717, 1.165) is 18.4 Å². The average Bonchev–Trinajstić information content (AvgIpc) is 2.10. The van der Waals surface area contributed by atoms with Gasteiger partial charge in [0.15, 0.2) is 0 Å². The molecule has 0 saturated carbocycles. The Labute approximate surface area is 86.3 Å². The number of nitrogens with two attached hydrogens (primary N) is 1. The van der Waals surface area contributed by atoms with Crippen molar-refractivity contribution >= 4 is 15.9 Å². The Bertz CT molecular complexity index is 288. The molecule has 0 heterocycles. The van der Waals surface area contributed by atoms with Gasteiger partial charge in [-0.1, -0.05) is 19.4 Å². The van der Waals surface area contributed by atoms with Crippen LogP contribution in [0.2, 0.25) is 0 Å². The van der Waals surface area contributed by atoms with Crippen LogP contribution in [0.5, 0.6) is 0 Å². The molecule has 0 aliphatic rings. The summed E-state index contributed by atoms with van der Waals surface area (Å²) in [7, 11) is 0. The van der Waals surface area contributed by atoms with Crippen molar-refractivity contribution in [1.82, 2.24) is 0 Å². The van der Waals surface area contributed by atoms with Crippen LogP contribution in [0.25, 0.3) is 0 Å². The lowest BCUT2D eigenvalue weighted by molar-refractivity contribution is 0.610. The maximum Gasteiger partial charge on any atom is 0.137 e. The summed E-state index contributed by atoms with van der Waals surface area (Å²) in [5.41, 5.74) is 6.86. The first-order chi connectivity index (χ1) is 6.15. The van der Waals surface area contributed by atoms with E-state index in [9.17, 15) is 4.39 Å². The van der Waals surface area contributed by atoms with Crippen molar-refractivity contribution in [3.05, 3.63) is 34.1 Å². The van der Waals surface area contributed by atoms with Crippen LogP contribution in [0.15, 0.2) is 22.7 Å². The number of rotatable bonds is 3. The highest BCUT2D eigenvalue weighted by atomic mass is 79.9. The Morgan fingerprint density at radius 2 is 2.23 bits per heavy atom. The van der Waals surface area contributed by atoms with Crippen LogP contribution in [-0.4, -0.2) is 0 Å². The van der Waals surface area contributed by atoms with E-state index in [-0.39, 0.29) is 11.9 Å². The van der Waals surface area contributed by atoms with Gasteiger partial charge in [-0.2, -0.15) is 0 Å². The molecule has 1 unspecified atom stereocenters. The van der Waals surface area contributed by atoms with Crippen LogP contribution in [0.3, 0.4) is 0 Å². The van der Waals surface area contributed by atoms with E-state index in [1.54, 1.807) is 12.1 Å². The lowest BCUT2D eigenvalue weighted by Gasteiger charge is -2.10. The van der Waals surface area contributed by atoms with E-state index in [4.69, 9.17) is 5.73 Å². The molecule has 0 radical (unpaired) electrons. The van der Waals surface area contributed by atoms with Gasteiger partial charge in [-0.3, -0.25) is 0 Å². The Hall–Kier alpha value is -0.410. The first-order valence-corrected chi connectivity index (χ1v) is 5.15. The molecule has 0 aliphatic heterocycles. The van der Waals surface area contributed by atoms with E-state index >= 15 is 0 Å². The van der Waals surface area contributed by atoms with Gasteiger partial charge in [-0.15, -0.1) is 0 Å². The maximum absolute atomic E-state index is 12.9. The molecule has 0 bridgehead atoms. The second-order valence-corrected chi connectivity index (χ2v) is 3.92. The van der Waals surface area contributed by atoms with Crippen molar-refractivity contribution in [2.45, 2.75) is 25.8 Å². The third-order valence-electron chi connectivity index (χ3n) is 1.97. The van der Waals surface area contributed by atoms with Gasteiger partial charge in [0.05, 0.1) is 4.47 Å². The fraction of sp³-hybridized carbons (Fsp3) is 0.400. The summed E-state index contributed by atoms with van der Waals surface area (Å²) in [6.07, 6.45) is 1.97. The number of hydrogen-bond donors (Lipinski definition) is 1. The third kappa shape index (κ3) is 2.78. The molecule has 0 fully saturated rings. The minimum atomic E-state index is -0.243. The van der Waals surface area contributed by atoms with Crippen molar-refractivity contribution in [3.8, 4) is 0 Å². The van der Waals surface area contributed by atoms with Crippen molar-refractivity contribution < 1.29 is 4.39 Å². The van der Waals surface area contributed by atoms with Crippen molar-refractivity contribution in [2.75, 3.05) is 0 Å². The monoisotopic (exact) mass is 245 g/mol. The summed E-state index contributed by atoms with van der Waals surface area (Å²) in [6.45, 7) is 2.08. The van der Waals surface area contributed by atoms with Crippen molar-refractivity contribution in [3.63, 3.8) is 0 Å². The largest absolute Gasteiger partial charge is 0.324 e. The molecule has 13 heavy (non-hydrogen) atoms. The third-order valence-corrected chi connectivity index (χ3v) is 2.58. The topological polar surface area (TPSA) is 26.0 Å². The predicted octanol–water partition coefficient (Wildman–Crippen LogP) is 3.39. The van der Waals surface area contributed by atoms with E-state index in [1.165, 1.54) is 6.07 Å². The van der Waals surface area contributed by atoms with E-state index in [1.807, 2.05) is 0 Å². The average molecular weight is 246 g/mol. The highest BCUT2D eigenvalue weighted by molar-refractivity contribution is 9.10. The van der Waals surface area contributed by atoms with Crippen LogP contribution in [0.4, 0.5) is 4.39 Å². The second-order valence-electron chi connectivity index (χ2n) is 3.07. The highest BCUT2D eigenvalue weighted by Crippen LogP contribution is 2.22. The standard InChI is InChI=1S/C10H13BrFN/c1-2-3-10(13)7-4-5-9(12)8(11)6-7/h4-6,10H,2-3,13H2,1H3. The second kappa shape index (κ2) is 4.72. The molecular formula is C10H13BrFN. The summed E-state index contributed by atoms with van der Waals surface area (Å²) in [5, 5.41) is 0. The quantitative estimate of drug-likeness (QED) is 0.869. The van der Waals surface area contributed by atoms with Crippen LogP contribution < -0.4 is 5.73 Å². The Morgan fingerprint density at radius 1 is 1.54 bits per heavy atom. The van der Waals surface area contributed by atoms with Crippen molar-refractivity contribution in [2.24, 2.45) is 5.73 Å². The zero-order valence-corrected chi connectivity index (χ0v) is 9.14. The van der Waals surface area contributed by atoms with E-state index < -0.39 is 0 Å². The van der Waals surface area contributed by atoms with Gasteiger partial charge in [0.2, 0.25) is 0 Å². The first-order valence-electron chi connectivity index (χ1n) is 4.35. The zero-order chi connectivity index (χ0) is 9.84. The summed E-state index contributed by atoms with van der Waals surface area (Å²) in [4.78, 5) is 0. The molecule has 2 N–H and O–H groups in total. The molecular weight excluding hydrogens is 233 g/mol. The molecule has 0 amide bonds. The number of halogens is 2. The van der Waals surface area contributed by atoms with Gasteiger partial charge < -0.3 is 5.73 Å². The lowest BCUT2D eigenvalue weighted by atomic mass is 10.0. The summed E-state index contributed by atoms with van der Waals surface area (Å²) >= 11 is 3.13. The molecule has 1 rings (SSSR count). The number of benzene rings is 1. The van der Waals surface area contributed by atoms with Crippen LogP contribution in [0.1, 0.15) is 31.4 Å². The molecule has 0 saturated heterocycles. The molecule has 72 valence electrons. The lowest BCUT2D eigenvalue weighted by Crippen LogP contribution is -2.09. The summed E-state index contributed by atoms with van der Waals surface area (Å²) in [5.74, 6) is -0.243. The molecule has 0 aliphatic carbocycles. The minimum Gasteiger partial charge on any atom is -0.324 e. The maximum atomic E-state index is 12.9. The van der Waals surface area contributed by atoms with Crippen LogP contribution in [-0.2, 0) is 0 Å². The molecule has 1 atom stereocenters. The molecule has 3 heteroatoms. The summed E-state index contributed by atoms with van der Waals surface area (Å²) in [6, 6.07) is 4.94. The first kappa shape index (κ1) is 10.7.